The lowest BCUT2D eigenvalue weighted by Gasteiger charge is -2.20. The molecule has 10 aromatic carbocycles. The number of aromatic nitrogens is 2. The molecule has 318 valence electrons. The second-order valence-corrected chi connectivity index (χ2v) is 23.1. The average Bonchev–Trinajstić information content (AvgIpc) is 4.06. The van der Waals surface area contributed by atoms with Crippen molar-refractivity contribution >= 4 is 89.7 Å². The van der Waals surface area contributed by atoms with Gasteiger partial charge < -0.3 is 18.3 Å². The molecule has 0 radical (unpaired) electrons. The Morgan fingerprint density at radius 1 is 0.284 bits per heavy atom. The van der Waals surface area contributed by atoms with Crippen LogP contribution in [0, 0.1) is 0 Å². The minimum atomic E-state index is -3.33. The van der Waals surface area contributed by atoms with Crippen molar-refractivity contribution in [2.45, 2.75) is 6.42 Å². The smallest absolute Gasteiger partial charge is 0.171 e. The van der Waals surface area contributed by atoms with E-state index in [9.17, 15) is 0 Å². The average molecular weight is 897 g/mol. The maximum atomic E-state index is 15.9. The molecule has 0 saturated heterocycles. The van der Waals surface area contributed by atoms with Gasteiger partial charge in [0.1, 0.15) is 0 Å². The third kappa shape index (κ3) is 6.07. The summed E-state index contributed by atoms with van der Waals surface area (Å²) >= 11 is 0. The highest BCUT2D eigenvalue weighted by atomic mass is 31.2. The van der Waals surface area contributed by atoms with E-state index < -0.39 is 14.3 Å². The van der Waals surface area contributed by atoms with Gasteiger partial charge in [0.05, 0.1) is 22.1 Å². The quantitative estimate of drug-likeness (QED) is 0.143. The van der Waals surface area contributed by atoms with Gasteiger partial charge in [-0.1, -0.05) is 170 Å². The van der Waals surface area contributed by atoms with Crippen molar-refractivity contribution in [1.82, 2.24) is 9.13 Å². The van der Waals surface area contributed by atoms with Crippen molar-refractivity contribution in [1.29, 1.82) is 0 Å². The summed E-state index contributed by atoms with van der Waals surface area (Å²) in [6.45, 7) is 0. The fourth-order valence-electron chi connectivity index (χ4n) is 10.7. The van der Waals surface area contributed by atoms with Crippen LogP contribution in [0.1, 0.15) is 11.1 Å². The lowest BCUT2D eigenvalue weighted by Crippen LogP contribution is -2.25. The second-order valence-electron chi connectivity index (χ2n) is 17.5. The Labute approximate surface area is 388 Å². The van der Waals surface area contributed by atoms with Gasteiger partial charge in [-0.25, -0.2) is 0 Å². The van der Waals surface area contributed by atoms with Crippen LogP contribution in [0.2, 0.25) is 0 Å². The first-order valence-corrected chi connectivity index (χ1v) is 26.2. The zero-order valence-electron chi connectivity index (χ0n) is 36.4. The molecule has 2 heterocycles. The summed E-state index contributed by atoms with van der Waals surface area (Å²) in [4.78, 5) is 0. The Morgan fingerprint density at radius 3 is 0.985 bits per heavy atom. The zero-order chi connectivity index (χ0) is 44.7. The number of rotatable bonds is 8. The maximum absolute atomic E-state index is 15.9. The lowest BCUT2D eigenvalue weighted by molar-refractivity contribution is 0.591. The molecule has 0 saturated carbocycles. The molecule has 0 amide bonds. The van der Waals surface area contributed by atoms with Gasteiger partial charge in [0.15, 0.2) is 14.3 Å². The van der Waals surface area contributed by atoms with E-state index in [1.165, 1.54) is 44.1 Å². The molecule has 0 spiro atoms. The Bertz CT molecular complexity index is 3710. The molecule has 1 aliphatic rings. The van der Waals surface area contributed by atoms with Crippen molar-refractivity contribution in [3.8, 4) is 22.5 Å². The second kappa shape index (κ2) is 15.4. The summed E-state index contributed by atoms with van der Waals surface area (Å²) < 4.78 is 36.6. The van der Waals surface area contributed by atoms with Crippen LogP contribution in [-0.2, 0) is 15.6 Å². The van der Waals surface area contributed by atoms with Gasteiger partial charge >= 0.3 is 0 Å². The molecule has 0 bridgehead atoms. The predicted molar refractivity (Wildman–Crippen MR) is 282 cm³/mol. The molecule has 0 atom stereocenters. The largest absolute Gasteiger partial charge is 0.309 e. The van der Waals surface area contributed by atoms with Gasteiger partial charge in [-0.3, -0.25) is 0 Å². The topological polar surface area (TPSA) is 44.0 Å². The van der Waals surface area contributed by atoms with Gasteiger partial charge in [-0.2, -0.15) is 0 Å². The summed E-state index contributed by atoms with van der Waals surface area (Å²) in [5.41, 5.74) is 11.6. The van der Waals surface area contributed by atoms with E-state index >= 15 is 9.13 Å². The summed E-state index contributed by atoms with van der Waals surface area (Å²) in [5, 5.41) is 8.99. The van der Waals surface area contributed by atoms with Gasteiger partial charge in [-0.15, -0.1) is 0 Å². The van der Waals surface area contributed by atoms with Crippen LogP contribution in [0.25, 0.3) is 66.1 Å². The highest BCUT2D eigenvalue weighted by Crippen LogP contribution is 2.47. The van der Waals surface area contributed by atoms with E-state index in [2.05, 4.69) is 130 Å². The normalized spacial score (nSPS) is 12.5. The third-order valence-corrected chi connectivity index (χ3v) is 20.0. The van der Waals surface area contributed by atoms with E-state index in [1.54, 1.807) is 0 Å². The molecule has 12 aromatic rings. The molecular weight excluding hydrogens is 855 g/mol. The number of nitrogens with zero attached hydrogens (tertiary/aromatic N) is 2. The Balaban J connectivity index is 1.04. The van der Waals surface area contributed by atoms with Crippen LogP contribution in [0.3, 0.4) is 0 Å². The summed E-state index contributed by atoms with van der Waals surface area (Å²) in [5.74, 6) is 0. The molecule has 0 N–H and O–H groups in total. The van der Waals surface area contributed by atoms with Crippen LogP contribution < -0.4 is 31.8 Å². The third-order valence-electron chi connectivity index (χ3n) is 13.9. The zero-order valence-corrected chi connectivity index (χ0v) is 38.2. The number of hydrogen-bond donors (Lipinski definition) is 0. The highest BCUT2D eigenvalue weighted by molar-refractivity contribution is 7.85. The van der Waals surface area contributed by atoms with Crippen molar-refractivity contribution in [2.24, 2.45) is 0 Å². The number of benzene rings is 10. The van der Waals surface area contributed by atoms with Gasteiger partial charge in [-0.05, 0) is 101 Å². The first-order valence-electron chi connectivity index (χ1n) is 22.8. The number of hydrogen-bond acceptors (Lipinski definition) is 2. The summed E-state index contributed by atoms with van der Waals surface area (Å²) in [6.07, 6.45) is 0.862. The molecule has 67 heavy (non-hydrogen) atoms. The fraction of sp³-hybridized carbons (Fsp3) is 0.0164. The van der Waals surface area contributed by atoms with Crippen LogP contribution >= 0.6 is 14.3 Å². The molecule has 1 aliphatic carbocycles. The Morgan fingerprint density at radius 2 is 0.612 bits per heavy atom. The molecule has 0 aliphatic heterocycles. The molecular formula is C61H42N2O2P2. The minimum absolute atomic E-state index is 0.747. The monoisotopic (exact) mass is 896 g/mol. The first-order chi connectivity index (χ1) is 33.0. The van der Waals surface area contributed by atoms with E-state index in [4.69, 9.17) is 0 Å². The number of fused-ring (bicyclic) bond motifs is 9. The Hall–Kier alpha value is -7.74. The molecule has 0 fully saturated rings. The first kappa shape index (κ1) is 39.6. The SMILES string of the molecule is O=P(c1ccccc1)(c1ccccc1)c1ccc2c(c1)c1cc(P(=O)(c3ccccc3)c3ccccc3)ccc1n2-c1ccc2c(c1)-c1cc(-n3c4ccccc4c4ccccc43)ccc1C2. The lowest BCUT2D eigenvalue weighted by atomic mass is 10.0. The highest BCUT2D eigenvalue weighted by Gasteiger charge is 2.33. The summed E-state index contributed by atoms with van der Waals surface area (Å²) in [7, 11) is -6.66. The van der Waals surface area contributed by atoms with E-state index in [0.29, 0.717) is 0 Å². The molecule has 2 aromatic heterocycles. The van der Waals surface area contributed by atoms with Crippen molar-refractivity contribution in [2.75, 3.05) is 0 Å². The van der Waals surface area contributed by atoms with Crippen molar-refractivity contribution < 1.29 is 9.13 Å². The predicted octanol–water partition coefficient (Wildman–Crippen LogP) is 12.7. The van der Waals surface area contributed by atoms with Gasteiger partial charge in [0.2, 0.25) is 0 Å². The van der Waals surface area contributed by atoms with Crippen LogP contribution in [0.5, 0.6) is 0 Å². The molecule has 4 nitrogen and oxygen atoms in total. The van der Waals surface area contributed by atoms with Gasteiger partial charge in [0.25, 0.3) is 0 Å². The van der Waals surface area contributed by atoms with Crippen LogP contribution in [0.15, 0.2) is 243 Å². The maximum Gasteiger partial charge on any atom is 0.171 e. The molecule has 13 rings (SSSR count). The summed E-state index contributed by atoms with van der Waals surface area (Å²) in [6, 6.07) is 83.1. The fourth-order valence-corrected chi connectivity index (χ4v) is 16.1. The molecule has 0 unspecified atom stereocenters. The van der Waals surface area contributed by atoms with E-state index in [0.717, 1.165) is 71.4 Å². The van der Waals surface area contributed by atoms with Gasteiger partial charge in [0, 0.05) is 64.7 Å². The van der Waals surface area contributed by atoms with Crippen molar-refractivity contribution in [3.63, 3.8) is 0 Å². The number of para-hydroxylation sites is 2. The van der Waals surface area contributed by atoms with Crippen LogP contribution in [-0.4, -0.2) is 9.13 Å². The van der Waals surface area contributed by atoms with E-state index in [-0.39, 0.29) is 0 Å². The standard InChI is InChI=1S/C61H42N2O2P2/c64-66(46-17-5-1-6-18-46,47-19-7-2-8-20-47)50-33-35-60-56(40-50)57-41-51(67(65,48-21-9-3-10-22-48)49-23-11-4-12-24-49)34-36-61(57)63(60)45-32-30-43-37-42-29-31-44(38-54(42)55(43)39-45)62-58-27-15-13-25-52(58)53-26-14-16-28-59(53)62/h1-36,38-41H,37H2. The van der Waals surface area contributed by atoms with Crippen molar-refractivity contribution in [3.05, 3.63) is 254 Å². The Kier molecular flexibility index (Phi) is 9.12. The molecule has 6 heteroatoms. The van der Waals surface area contributed by atoms with E-state index in [1.807, 2.05) is 121 Å². The van der Waals surface area contributed by atoms with Crippen LogP contribution in [0.4, 0.5) is 0 Å². The minimum Gasteiger partial charge on any atom is -0.309 e.